The number of benzene rings is 1. The maximum atomic E-state index is 11.5. The maximum absolute atomic E-state index is 11.5. The monoisotopic (exact) mass is 255 g/mol. The average Bonchev–Trinajstić information content (AvgIpc) is 2.24. The molecule has 17 heavy (non-hydrogen) atoms. The SMILES string of the molecule is CCCC(=O)NC(CO)c1cc(C)cc(Cl)c1. The largest absolute Gasteiger partial charge is 0.394 e. The molecule has 1 aromatic carbocycles. The Hall–Kier alpha value is -1.06. The number of aliphatic hydroxyl groups excluding tert-OH is 1. The third kappa shape index (κ3) is 4.36. The van der Waals surface area contributed by atoms with Gasteiger partial charge in [0.25, 0.3) is 0 Å². The van der Waals surface area contributed by atoms with E-state index in [2.05, 4.69) is 5.32 Å². The Balaban J connectivity index is 2.82. The maximum Gasteiger partial charge on any atom is 0.220 e. The lowest BCUT2D eigenvalue weighted by Gasteiger charge is -2.17. The van der Waals surface area contributed by atoms with E-state index in [1.54, 1.807) is 6.07 Å². The van der Waals surface area contributed by atoms with Gasteiger partial charge in [-0.25, -0.2) is 0 Å². The van der Waals surface area contributed by atoms with Crippen molar-refractivity contribution < 1.29 is 9.90 Å². The van der Waals surface area contributed by atoms with Crippen LogP contribution in [0.25, 0.3) is 0 Å². The zero-order valence-electron chi connectivity index (χ0n) is 10.2. The van der Waals surface area contributed by atoms with E-state index in [0.29, 0.717) is 11.4 Å². The summed E-state index contributed by atoms with van der Waals surface area (Å²) in [6.45, 7) is 3.74. The number of amides is 1. The third-order valence-corrected chi connectivity index (χ3v) is 2.68. The van der Waals surface area contributed by atoms with Gasteiger partial charge in [-0.1, -0.05) is 24.6 Å². The second-order valence-electron chi connectivity index (χ2n) is 4.11. The van der Waals surface area contributed by atoms with E-state index >= 15 is 0 Å². The highest BCUT2D eigenvalue weighted by Gasteiger charge is 2.13. The Morgan fingerprint density at radius 2 is 2.18 bits per heavy atom. The fraction of sp³-hybridized carbons (Fsp3) is 0.462. The fourth-order valence-electron chi connectivity index (χ4n) is 1.69. The number of hydrogen-bond acceptors (Lipinski definition) is 2. The van der Waals surface area contributed by atoms with Gasteiger partial charge in [0.2, 0.25) is 5.91 Å². The summed E-state index contributed by atoms with van der Waals surface area (Å²) >= 11 is 5.95. The zero-order valence-corrected chi connectivity index (χ0v) is 10.9. The minimum absolute atomic E-state index is 0.0517. The molecule has 3 nitrogen and oxygen atoms in total. The molecule has 1 aromatic rings. The van der Waals surface area contributed by atoms with Crippen LogP contribution in [0.3, 0.4) is 0 Å². The summed E-state index contributed by atoms with van der Waals surface area (Å²) in [7, 11) is 0. The van der Waals surface area contributed by atoms with Crippen molar-refractivity contribution in [1.29, 1.82) is 0 Å². The quantitative estimate of drug-likeness (QED) is 0.850. The molecule has 0 spiro atoms. The van der Waals surface area contributed by atoms with Gasteiger partial charge in [-0.15, -0.1) is 0 Å². The molecule has 1 amide bonds. The molecule has 0 saturated carbocycles. The molecule has 0 fully saturated rings. The number of carbonyl (C=O) groups is 1. The molecule has 4 heteroatoms. The van der Waals surface area contributed by atoms with Crippen molar-refractivity contribution >= 4 is 17.5 Å². The van der Waals surface area contributed by atoms with E-state index in [1.165, 1.54) is 0 Å². The van der Waals surface area contributed by atoms with Crippen molar-refractivity contribution in [3.8, 4) is 0 Å². The Morgan fingerprint density at radius 3 is 2.71 bits per heavy atom. The first-order valence-electron chi connectivity index (χ1n) is 5.74. The van der Waals surface area contributed by atoms with Gasteiger partial charge in [0, 0.05) is 11.4 Å². The summed E-state index contributed by atoms with van der Waals surface area (Å²) < 4.78 is 0. The highest BCUT2D eigenvalue weighted by Crippen LogP contribution is 2.20. The Bertz CT molecular complexity index is 373. The lowest BCUT2D eigenvalue weighted by molar-refractivity contribution is -0.122. The van der Waals surface area contributed by atoms with E-state index in [4.69, 9.17) is 11.6 Å². The van der Waals surface area contributed by atoms with Crippen molar-refractivity contribution in [1.82, 2.24) is 5.32 Å². The number of rotatable bonds is 5. The number of aryl methyl sites for hydroxylation is 1. The number of aliphatic hydroxyl groups is 1. The normalized spacial score (nSPS) is 12.2. The van der Waals surface area contributed by atoms with Crippen LogP contribution in [-0.2, 0) is 4.79 Å². The molecular weight excluding hydrogens is 238 g/mol. The van der Waals surface area contributed by atoms with Crippen LogP contribution in [0, 0.1) is 6.92 Å². The van der Waals surface area contributed by atoms with E-state index in [0.717, 1.165) is 17.5 Å². The topological polar surface area (TPSA) is 49.3 Å². The predicted octanol–water partition coefficient (Wildman–Crippen LogP) is 2.60. The molecular formula is C13H18ClNO2. The van der Waals surface area contributed by atoms with Gasteiger partial charge in [-0.2, -0.15) is 0 Å². The van der Waals surface area contributed by atoms with Gasteiger partial charge in [-0.05, 0) is 36.6 Å². The average molecular weight is 256 g/mol. The van der Waals surface area contributed by atoms with E-state index in [-0.39, 0.29) is 18.6 Å². The van der Waals surface area contributed by atoms with Gasteiger partial charge in [0.1, 0.15) is 0 Å². The number of carbonyl (C=O) groups excluding carboxylic acids is 1. The molecule has 0 aliphatic carbocycles. The second-order valence-corrected chi connectivity index (χ2v) is 4.55. The Morgan fingerprint density at radius 1 is 1.47 bits per heavy atom. The summed E-state index contributed by atoms with van der Waals surface area (Å²) in [5.41, 5.74) is 1.85. The number of halogens is 1. The summed E-state index contributed by atoms with van der Waals surface area (Å²) in [5, 5.41) is 12.7. The van der Waals surface area contributed by atoms with Gasteiger partial charge in [-0.3, -0.25) is 4.79 Å². The van der Waals surface area contributed by atoms with Crippen LogP contribution in [0.2, 0.25) is 5.02 Å². The highest BCUT2D eigenvalue weighted by molar-refractivity contribution is 6.30. The molecule has 2 N–H and O–H groups in total. The molecule has 0 aliphatic rings. The van der Waals surface area contributed by atoms with Crippen LogP contribution in [-0.4, -0.2) is 17.6 Å². The van der Waals surface area contributed by atoms with Crippen molar-refractivity contribution in [2.75, 3.05) is 6.61 Å². The number of nitrogens with one attached hydrogen (secondary N) is 1. The molecule has 1 rings (SSSR count). The van der Waals surface area contributed by atoms with Gasteiger partial charge >= 0.3 is 0 Å². The van der Waals surface area contributed by atoms with Crippen LogP contribution in [0.15, 0.2) is 18.2 Å². The van der Waals surface area contributed by atoms with Crippen LogP contribution in [0.5, 0.6) is 0 Å². The molecule has 0 aromatic heterocycles. The molecule has 1 atom stereocenters. The van der Waals surface area contributed by atoms with Crippen LogP contribution >= 0.6 is 11.6 Å². The smallest absolute Gasteiger partial charge is 0.220 e. The second kappa shape index (κ2) is 6.62. The molecule has 0 aliphatic heterocycles. The minimum atomic E-state index is -0.383. The molecule has 0 radical (unpaired) electrons. The van der Waals surface area contributed by atoms with Crippen molar-refractivity contribution in [3.05, 3.63) is 34.3 Å². The Kier molecular flexibility index (Phi) is 5.45. The lowest BCUT2D eigenvalue weighted by atomic mass is 10.0. The van der Waals surface area contributed by atoms with E-state index in [9.17, 15) is 9.90 Å². The first-order chi connectivity index (χ1) is 8.06. The summed E-state index contributed by atoms with van der Waals surface area (Å²) in [6.07, 6.45) is 1.26. The first kappa shape index (κ1) is 14.0. The standard InChI is InChI=1S/C13H18ClNO2/c1-3-4-13(17)15-12(8-16)10-5-9(2)6-11(14)7-10/h5-7,12,16H,3-4,8H2,1-2H3,(H,15,17). The van der Waals surface area contributed by atoms with Crippen LogP contribution in [0.1, 0.15) is 36.9 Å². The van der Waals surface area contributed by atoms with Crippen molar-refractivity contribution in [2.45, 2.75) is 32.7 Å². The fourth-order valence-corrected chi connectivity index (χ4v) is 1.99. The summed E-state index contributed by atoms with van der Waals surface area (Å²) in [5.74, 6) is -0.0517. The minimum Gasteiger partial charge on any atom is -0.394 e. The van der Waals surface area contributed by atoms with Gasteiger partial charge in [0.05, 0.1) is 12.6 Å². The molecule has 0 bridgehead atoms. The van der Waals surface area contributed by atoms with E-state index < -0.39 is 0 Å². The van der Waals surface area contributed by atoms with Crippen molar-refractivity contribution in [3.63, 3.8) is 0 Å². The lowest BCUT2D eigenvalue weighted by Crippen LogP contribution is -2.30. The first-order valence-corrected chi connectivity index (χ1v) is 6.12. The van der Waals surface area contributed by atoms with E-state index in [1.807, 2.05) is 26.0 Å². The molecule has 94 valence electrons. The zero-order chi connectivity index (χ0) is 12.8. The molecule has 0 heterocycles. The van der Waals surface area contributed by atoms with Gasteiger partial charge in [0.15, 0.2) is 0 Å². The van der Waals surface area contributed by atoms with Gasteiger partial charge < -0.3 is 10.4 Å². The molecule has 1 unspecified atom stereocenters. The van der Waals surface area contributed by atoms with Crippen molar-refractivity contribution in [2.24, 2.45) is 0 Å². The summed E-state index contributed by atoms with van der Waals surface area (Å²) in [6, 6.07) is 5.14. The Labute approximate surface area is 107 Å². The third-order valence-electron chi connectivity index (χ3n) is 2.46. The number of hydrogen-bond donors (Lipinski definition) is 2. The predicted molar refractivity (Wildman–Crippen MR) is 69.1 cm³/mol. The summed E-state index contributed by atoms with van der Waals surface area (Å²) in [4.78, 5) is 11.5. The molecule has 0 saturated heterocycles. The van der Waals surface area contributed by atoms with Crippen LogP contribution < -0.4 is 5.32 Å². The van der Waals surface area contributed by atoms with Crippen LogP contribution in [0.4, 0.5) is 0 Å². The highest BCUT2D eigenvalue weighted by atomic mass is 35.5.